The van der Waals surface area contributed by atoms with Gasteiger partial charge in [-0.3, -0.25) is 0 Å². The van der Waals surface area contributed by atoms with E-state index in [9.17, 15) is 0 Å². The first-order chi connectivity index (χ1) is 5.11. The Morgan fingerprint density at radius 2 is 2.55 bits per heavy atom. The Hall–Kier alpha value is -0.610. The lowest BCUT2D eigenvalue weighted by Crippen LogP contribution is -2.13. The predicted molar refractivity (Wildman–Crippen MR) is 48.7 cm³/mol. The number of rotatable bonds is 2. The van der Waals surface area contributed by atoms with Crippen LogP contribution in [0.1, 0.15) is 5.69 Å². The molecule has 0 unspecified atom stereocenters. The SMILES string of the molecule is Cn1cnc(Cl)c1CC(N)=S. The van der Waals surface area contributed by atoms with Gasteiger partial charge in [-0.05, 0) is 0 Å². The quantitative estimate of drug-likeness (QED) is 0.704. The molecule has 2 N–H and O–H groups in total. The number of aromatic nitrogens is 2. The van der Waals surface area contributed by atoms with Crippen LogP contribution >= 0.6 is 23.8 Å². The van der Waals surface area contributed by atoms with Crippen LogP contribution in [-0.2, 0) is 13.5 Å². The Morgan fingerprint density at radius 3 is 2.91 bits per heavy atom. The zero-order chi connectivity index (χ0) is 8.43. The largest absolute Gasteiger partial charge is 0.393 e. The summed E-state index contributed by atoms with van der Waals surface area (Å²) in [6, 6.07) is 0. The Kier molecular flexibility index (Phi) is 2.46. The van der Waals surface area contributed by atoms with Gasteiger partial charge >= 0.3 is 0 Å². The zero-order valence-corrected chi connectivity index (χ0v) is 7.61. The van der Waals surface area contributed by atoms with Gasteiger partial charge in [0.2, 0.25) is 0 Å². The van der Waals surface area contributed by atoms with Gasteiger partial charge in [-0.15, -0.1) is 0 Å². The summed E-state index contributed by atoms with van der Waals surface area (Å²) in [7, 11) is 1.85. The van der Waals surface area contributed by atoms with Crippen molar-refractivity contribution in [1.82, 2.24) is 9.55 Å². The average molecular weight is 190 g/mol. The van der Waals surface area contributed by atoms with E-state index in [4.69, 9.17) is 29.6 Å². The second kappa shape index (κ2) is 3.19. The molecule has 1 aromatic heterocycles. The van der Waals surface area contributed by atoms with E-state index in [0.29, 0.717) is 16.6 Å². The van der Waals surface area contributed by atoms with Gasteiger partial charge in [-0.2, -0.15) is 0 Å². The fourth-order valence-electron chi connectivity index (χ4n) is 0.790. The van der Waals surface area contributed by atoms with Crippen LogP contribution in [-0.4, -0.2) is 14.5 Å². The second-order valence-electron chi connectivity index (χ2n) is 2.24. The Balaban J connectivity index is 2.92. The first kappa shape index (κ1) is 8.49. The van der Waals surface area contributed by atoms with Crippen LogP contribution in [0.3, 0.4) is 0 Å². The van der Waals surface area contributed by atoms with Crippen molar-refractivity contribution in [1.29, 1.82) is 0 Å². The summed E-state index contributed by atoms with van der Waals surface area (Å²) >= 11 is 10.5. The summed E-state index contributed by atoms with van der Waals surface area (Å²) < 4.78 is 1.81. The third kappa shape index (κ3) is 1.91. The van der Waals surface area contributed by atoms with Gasteiger partial charge < -0.3 is 10.3 Å². The Morgan fingerprint density at radius 1 is 1.91 bits per heavy atom. The molecule has 60 valence electrons. The Bertz CT molecular complexity index is 262. The fraction of sp³-hybridized carbons (Fsp3) is 0.333. The van der Waals surface area contributed by atoms with Crippen molar-refractivity contribution in [2.24, 2.45) is 12.8 Å². The summed E-state index contributed by atoms with van der Waals surface area (Å²) in [5, 5.41) is 0.473. The molecule has 1 aromatic rings. The summed E-state index contributed by atoms with van der Waals surface area (Å²) in [5.74, 6) is 0. The van der Waals surface area contributed by atoms with Crippen molar-refractivity contribution in [3.05, 3.63) is 17.2 Å². The molecule has 0 aliphatic heterocycles. The maximum atomic E-state index is 5.74. The van der Waals surface area contributed by atoms with Gasteiger partial charge in [-0.25, -0.2) is 4.98 Å². The van der Waals surface area contributed by atoms with Gasteiger partial charge in [0.05, 0.1) is 17.0 Å². The minimum absolute atomic E-state index is 0.426. The molecule has 0 radical (unpaired) electrons. The lowest BCUT2D eigenvalue weighted by Gasteiger charge is -1.99. The van der Waals surface area contributed by atoms with Crippen LogP contribution in [0.2, 0.25) is 5.15 Å². The van der Waals surface area contributed by atoms with E-state index in [0.717, 1.165) is 5.69 Å². The number of imidazole rings is 1. The molecular formula is C6H8ClN3S. The summed E-state index contributed by atoms with van der Waals surface area (Å²) in [5.41, 5.74) is 6.21. The van der Waals surface area contributed by atoms with E-state index in [2.05, 4.69) is 4.98 Å². The van der Waals surface area contributed by atoms with E-state index in [1.165, 1.54) is 0 Å². The third-order valence-electron chi connectivity index (χ3n) is 1.35. The second-order valence-corrected chi connectivity index (χ2v) is 3.12. The van der Waals surface area contributed by atoms with Crippen molar-refractivity contribution in [3.8, 4) is 0 Å². The molecule has 0 amide bonds. The van der Waals surface area contributed by atoms with E-state index < -0.39 is 0 Å². The smallest absolute Gasteiger partial charge is 0.150 e. The molecule has 0 saturated heterocycles. The van der Waals surface area contributed by atoms with E-state index in [1.807, 2.05) is 11.6 Å². The highest BCUT2D eigenvalue weighted by Gasteiger charge is 2.06. The van der Waals surface area contributed by atoms with Crippen molar-refractivity contribution in [3.63, 3.8) is 0 Å². The molecule has 0 spiro atoms. The van der Waals surface area contributed by atoms with Gasteiger partial charge in [0.15, 0.2) is 5.15 Å². The minimum Gasteiger partial charge on any atom is -0.393 e. The lowest BCUT2D eigenvalue weighted by atomic mass is 10.3. The predicted octanol–water partition coefficient (Wildman–Crippen LogP) is 0.902. The highest BCUT2D eigenvalue weighted by molar-refractivity contribution is 7.80. The number of halogens is 1. The van der Waals surface area contributed by atoms with Crippen LogP contribution in [0.25, 0.3) is 0 Å². The molecule has 5 heteroatoms. The minimum atomic E-state index is 0.426. The first-order valence-corrected chi connectivity index (χ1v) is 3.84. The third-order valence-corrected chi connectivity index (χ3v) is 1.81. The number of aryl methyl sites for hydroxylation is 1. The number of nitrogens with zero attached hydrogens (tertiary/aromatic N) is 2. The molecule has 0 aliphatic rings. The maximum absolute atomic E-state index is 5.74. The van der Waals surface area contributed by atoms with Crippen LogP contribution in [0.5, 0.6) is 0 Å². The topological polar surface area (TPSA) is 43.8 Å². The molecule has 3 nitrogen and oxygen atoms in total. The number of nitrogens with two attached hydrogens (primary N) is 1. The highest BCUT2D eigenvalue weighted by atomic mass is 35.5. The lowest BCUT2D eigenvalue weighted by molar-refractivity contribution is 0.860. The first-order valence-electron chi connectivity index (χ1n) is 3.05. The van der Waals surface area contributed by atoms with Gasteiger partial charge in [0.1, 0.15) is 0 Å². The van der Waals surface area contributed by atoms with Crippen molar-refractivity contribution >= 4 is 28.8 Å². The zero-order valence-electron chi connectivity index (χ0n) is 6.04. The monoisotopic (exact) mass is 189 g/mol. The maximum Gasteiger partial charge on any atom is 0.150 e. The van der Waals surface area contributed by atoms with Crippen molar-refractivity contribution in [2.75, 3.05) is 0 Å². The van der Waals surface area contributed by atoms with Crippen molar-refractivity contribution in [2.45, 2.75) is 6.42 Å². The fourth-order valence-corrected chi connectivity index (χ4v) is 1.17. The summed E-state index contributed by atoms with van der Waals surface area (Å²) in [6.07, 6.45) is 2.14. The summed E-state index contributed by atoms with van der Waals surface area (Å²) in [6.45, 7) is 0. The number of thiocarbonyl (C=S) groups is 1. The van der Waals surface area contributed by atoms with Crippen LogP contribution in [0.4, 0.5) is 0 Å². The van der Waals surface area contributed by atoms with Crippen molar-refractivity contribution < 1.29 is 0 Å². The molecule has 0 aromatic carbocycles. The molecule has 0 bridgehead atoms. The van der Waals surface area contributed by atoms with Crippen LogP contribution < -0.4 is 5.73 Å². The number of hydrogen-bond donors (Lipinski definition) is 1. The average Bonchev–Trinajstić information content (AvgIpc) is 2.18. The molecule has 1 heterocycles. The molecule has 11 heavy (non-hydrogen) atoms. The van der Waals surface area contributed by atoms with E-state index in [-0.39, 0.29) is 0 Å². The number of hydrogen-bond acceptors (Lipinski definition) is 2. The highest BCUT2D eigenvalue weighted by Crippen LogP contribution is 2.12. The van der Waals surface area contributed by atoms with E-state index in [1.54, 1.807) is 6.33 Å². The normalized spacial score (nSPS) is 10.0. The van der Waals surface area contributed by atoms with Crippen LogP contribution in [0.15, 0.2) is 6.33 Å². The van der Waals surface area contributed by atoms with E-state index >= 15 is 0 Å². The van der Waals surface area contributed by atoms with Gasteiger partial charge in [0, 0.05) is 13.5 Å². The molecule has 0 atom stereocenters. The molecule has 0 saturated carbocycles. The van der Waals surface area contributed by atoms with Crippen LogP contribution in [0, 0.1) is 0 Å². The standard InChI is InChI=1S/C6H8ClN3S/c1-10-3-9-6(7)4(10)2-5(8)11/h3H,2H2,1H3,(H2,8,11). The summed E-state index contributed by atoms with van der Waals surface area (Å²) in [4.78, 5) is 4.31. The van der Waals surface area contributed by atoms with Gasteiger partial charge in [0.25, 0.3) is 0 Å². The van der Waals surface area contributed by atoms with Gasteiger partial charge in [-0.1, -0.05) is 23.8 Å². The molecular weight excluding hydrogens is 182 g/mol. The molecule has 0 fully saturated rings. The molecule has 1 rings (SSSR count). The Labute approximate surface area is 75.2 Å². The molecule has 0 aliphatic carbocycles.